The molecule has 1 heterocycles. The van der Waals surface area contributed by atoms with Crippen LogP contribution in [0, 0.1) is 0 Å². The van der Waals surface area contributed by atoms with E-state index in [-0.39, 0.29) is 23.0 Å². The van der Waals surface area contributed by atoms with E-state index < -0.39 is 18.8 Å². The lowest BCUT2D eigenvalue weighted by molar-refractivity contribution is 0.255. The fourth-order valence-corrected chi connectivity index (χ4v) is 2.57. The Morgan fingerprint density at radius 3 is 1.70 bits per heavy atom. The van der Waals surface area contributed by atoms with Gasteiger partial charge in [0.2, 0.25) is 0 Å². The third-order valence-corrected chi connectivity index (χ3v) is 3.64. The van der Waals surface area contributed by atoms with E-state index in [1.165, 1.54) is 36.4 Å². The molecule has 3 nitrogen and oxygen atoms in total. The highest BCUT2D eigenvalue weighted by atomic mass is 19.1. The Hall–Kier alpha value is -2.30. The largest absolute Gasteiger partial charge is 0.508 e. The summed E-state index contributed by atoms with van der Waals surface area (Å²) in [4.78, 5) is 0. The van der Waals surface area contributed by atoms with Crippen LogP contribution in [0.4, 0.5) is 8.78 Å². The van der Waals surface area contributed by atoms with Gasteiger partial charge < -0.3 is 14.9 Å². The van der Waals surface area contributed by atoms with Gasteiger partial charge in [0, 0.05) is 23.3 Å². The van der Waals surface area contributed by atoms with E-state index in [2.05, 4.69) is 0 Å². The lowest BCUT2D eigenvalue weighted by Gasteiger charge is -2.36. The molecular weight excluding hydrogens is 266 g/mol. The summed E-state index contributed by atoms with van der Waals surface area (Å²) in [6, 6.07) is 8.27. The number of ether oxygens (including phenoxy) is 1. The van der Waals surface area contributed by atoms with E-state index in [1.54, 1.807) is 0 Å². The van der Waals surface area contributed by atoms with Crippen LogP contribution in [-0.4, -0.2) is 23.6 Å². The van der Waals surface area contributed by atoms with Gasteiger partial charge in [-0.1, -0.05) is 12.1 Å². The topological polar surface area (TPSA) is 49.7 Å². The molecular formula is C15H12F2O3. The summed E-state index contributed by atoms with van der Waals surface area (Å²) in [6.45, 7) is -1.88. The zero-order valence-electron chi connectivity index (χ0n) is 10.4. The summed E-state index contributed by atoms with van der Waals surface area (Å²) in [5.41, 5.74) is -0.776. The minimum Gasteiger partial charge on any atom is -0.508 e. The van der Waals surface area contributed by atoms with Gasteiger partial charge in [0.25, 0.3) is 0 Å². The van der Waals surface area contributed by atoms with E-state index in [9.17, 15) is 19.0 Å². The normalized spacial score (nSPS) is 15.1. The average Bonchev–Trinajstić information content (AvgIpc) is 2.44. The molecule has 0 saturated carbocycles. The smallest absolute Gasteiger partial charge is 0.135 e. The van der Waals surface area contributed by atoms with Crippen LogP contribution in [-0.2, 0) is 5.41 Å². The maximum absolute atomic E-state index is 13.7. The summed E-state index contributed by atoms with van der Waals surface area (Å²) >= 11 is 0. The minimum absolute atomic E-state index is 0.0565. The molecule has 0 unspecified atom stereocenters. The van der Waals surface area contributed by atoms with Crippen molar-refractivity contribution < 1.29 is 23.7 Å². The van der Waals surface area contributed by atoms with Gasteiger partial charge in [0.15, 0.2) is 0 Å². The quantitative estimate of drug-likeness (QED) is 0.884. The predicted octanol–water partition coefficient (Wildman–Crippen LogP) is 3.43. The Kier molecular flexibility index (Phi) is 2.78. The zero-order chi connectivity index (χ0) is 14.3. The first-order valence-electron chi connectivity index (χ1n) is 6.07. The standard InChI is InChI=1S/C15H12F2O3/c16-7-15(8-17)11-3-1-9(18)5-13(11)20-14-6-10(19)2-4-12(14)15/h1-6,18-19H,7-8H2. The van der Waals surface area contributed by atoms with Crippen molar-refractivity contribution in [3.63, 3.8) is 0 Å². The van der Waals surface area contributed by atoms with Gasteiger partial charge >= 0.3 is 0 Å². The lowest BCUT2D eigenvalue weighted by atomic mass is 9.74. The number of benzene rings is 2. The van der Waals surface area contributed by atoms with E-state index in [0.717, 1.165) is 0 Å². The van der Waals surface area contributed by atoms with Gasteiger partial charge in [-0.05, 0) is 12.1 Å². The molecule has 20 heavy (non-hydrogen) atoms. The van der Waals surface area contributed by atoms with Gasteiger partial charge in [-0.25, -0.2) is 8.78 Å². The summed E-state index contributed by atoms with van der Waals surface area (Å²) < 4.78 is 32.9. The first-order chi connectivity index (χ1) is 9.60. The van der Waals surface area contributed by atoms with Crippen molar-refractivity contribution in [2.24, 2.45) is 0 Å². The van der Waals surface area contributed by atoms with Crippen LogP contribution >= 0.6 is 0 Å². The van der Waals surface area contributed by atoms with Crippen molar-refractivity contribution in [1.82, 2.24) is 0 Å². The van der Waals surface area contributed by atoms with Crippen molar-refractivity contribution in [2.75, 3.05) is 13.3 Å². The number of phenolic OH excluding ortho intramolecular Hbond substituents is 2. The molecule has 0 atom stereocenters. The number of rotatable bonds is 2. The van der Waals surface area contributed by atoms with Crippen molar-refractivity contribution in [2.45, 2.75) is 5.41 Å². The fourth-order valence-electron chi connectivity index (χ4n) is 2.57. The average molecular weight is 278 g/mol. The molecule has 1 aliphatic rings. The third-order valence-electron chi connectivity index (χ3n) is 3.64. The third kappa shape index (κ3) is 1.62. The maximum atomic E-state index is 13.7. The Labute approximate surface area is 114 Å². The molecule has 0 amide bonds. The second-order valence-corrected chi connectivity index (χ2v) is 4.81. The summed E-state index contributed by atoms with van der Waals surface area (Å²) in [7, 11) is 0. The van der Waals surface area contributed by atoms with Crippen molar-refractivity contribution in [3.8, 4) is 23.0 Å². The van der Waals surface area contributed by atoms with Crippen LogP contribution < -0.4 is 4.74 Å². The monoisotopic (exact) mass is 278 g/mol. The number of phenols is 2. The number of hydrogen-bond donors (Lipinski definition) is 2. The molecule has 0 saturated heterocycles. The molecule has 2 aromatic carbocycles. The molecule has 0 aromatic heterocycles. The first-order valence-corrected chi connectivity index (χ1v) is 6.07. The van der Waals surface area contributed by atoms with Crippen LogP contribution in [0.1, 0.15) is 11.1 Å². The highest BCUT2D eigenvalue weighted by Crippen LogP contribution is 2.50. The SMILES string of the molecule is Oc1ccc2c(c1)Oc1cc(O)ccc1C2(CF)CF. The van der Waals surface area contributed by atoms with E-state index in [1.807, 2.05) is 0 Å². The molecule has 0 aliphatic carbocycles. The molecule has 1 aliphatic heterocycles. The van der Waals surface area contributed by atoms with Crippen molar-refractivity contribution >= 4 is 0 Å². The number of hydrogen-bond acceptors (Lipinski definition) is 3. The molecule has 0 spiro atoms. The molecule has 2 N–H and O–H groups in total. The highest BCUT2D eigenvalue weighted by molar-refractivity contribution is 5.60. The molecule has 5 heteroatoms. The number of halogens is 2. The number of fused-ring (bicyclic) bond motifs is 2. The molecule has 2 aromatic rings. The van der Waals surface area contributed by atoms with Crippen LogP contribution in [0.3, 0.4) is 0 Å². The van der Waals surface area contributed by atoms with Gasteiger partial charge in [0.1, 0.15) is 36.3 Å². The Bertz CT molecular complexity index is 613. The predicted molar refractivity (Wildman–Crippen MR) is 69.0 cm³/mol. The van der Waals surface area contributed by atoms with E-state index in [4.69, 9.17) is 4.74 Å². The van der Waals surface area contributed by atoms with Gasteiger partial charge in [0.05, 0.1) is 5.41 Å². The first kappa shape index (κ1) is 12.7. The Morgan fingerprint density at radius 2 is 1.30 bits per heavy atom. The zero-order valence-corrected chi connectivity index (χ0v) is 10.4. The van der Waals surface area contributed by atoms with Crippen molar-refractivity contribution in [1.29, 1.82) is 0 Å². The van der Waals surface area contributed by atoms with Crippen LogP contribution in [0.2, 0.25) is 0 Å². The maximum Gasteiger partial charge on any atom is 0.135 e. The van der Waals surface area contributed by atoms with Gasteiger partial charge in [-0.3, -0.25) is 0 Å². The van der Waals surface area contributed by atoms with Gasteiger partial charge in [-0.15, -0.1) is 0 Å². The Morgan fingerprint density at radius 1 is 0.850 bits per heavy atom. The molecule has 0 bridgehead atoms. The van der Waals surface area contributed by atoms with Crippen LogP contribution in [0.15, 0.2) is 36.4 Å². The molecule has 3 rings (SSSR count). The summed E-state index contributed by atoms with van der Waals surface area (Å²) in [5.74, 6) is 0.273. The summed E-state index contributed by atoms with van der Waals surface area (Å²) in [5, 5.41) is 19.0. The van der Waals surface area contributed by atoms with E-state index in [0.29, 0.717) is 11.1 Å². The number of alkyl halides is 2. The van der Waals surface area contributed by atoms with Crippen LogP contribution in [0.25, 0.3) is 0 Å². The molecule has 104 valence electrons. The molecule has 0 radical (unpaired) electrons. The van der Waals surface area contributed by atoms with Gasteiger partial charge in [-0.2, -0.15) is 0 Å². The highest BCUT2D eigenvalue weighted by Gasteiger charge is 2.43. The van der Waals surface area contributed by atoms with Crippen LogP contribution in [0.5, 0.6) is 23.0 Å². The second-order valence-electron chi connectivity index (χ2n) is 4.81. The Balaban J connectivity index is 2.30. The second kappa shape index (κ2) is 4.37. The lowest BCUT2D eigenvalue weighted by Crippen LogP contribution is -2.35. The molecule has 0 fully saturated rings. The minimum atomic E-state index is -1.47. The van der Waals surface area contributed by atoms with Crippen molar-refractivity contribution in [3.05, 3.63) is 47.5 Å². The fraction of sp³-hybridized carbons (Fsp3) is 0.200. The summed E-state index contributed by atoms with van der Waals surface area (Å²) in [6.07, 6.45) is 0. The number of aromatic hydroxyl groups is 2. The van der Waals surface area contributed by atoms with E-state index >= 15 is 0 Å².